The van der Waals surface area contributed by atoms with E-state index in [4.69, 9.17) is 10.3 Å². The molecule has 0 saturated heterocycles. The van der Waals surface area contributed by atoms with E-state index in [0.29, 0.717) is 17.1 Å². The fourth-order valence-corrected chi connectivity index (χ4v) is 1.87. The summed E-state index contributed by atoms with van der Waals surface area (Å²) in [5.74, 6) is 0.574. The van der Waals surface area contributed by atoms with Gasteiger partial charge in [0.15, 0.2) is 11.6 Å². The molecule has 3 nitrogen and oxygen atoms in total. The molecule has 0 unspecified atom stereocenters. The smallest absolute Gasteiger partial charge is 0.175 e. The average Bonchev–Trinajstić information content (AvgIpc) is 2.60. The van der Waals surface area contributed by atoms with Crippen LogP contribution in [0.1, 0.15) is 30.9 Å². The second kappa shape index (κ2) is 4.20. The molecular weight excluding hydrogens is 219 g/mol. The predicted octanol–water partition coefficient (Wildman–Crippen LogP) is 3.49. The molecule has 0 saturated carbocycles. The number of nitrogens with zero attached hydrogens (tertiary/aromatic N) is 1. The Morgan fingerprint density at radius 2 is 2.06 bits per heavy atom. The number of anilines is 1. The first-order valence-electron chi connectivity index (χ1n) is 5.52. The molecule has 90 valence electrons. The maximum absolute atomic E-state index is 13.9. The van der Waals surface area contributed by atoms with E-state index in [1.54, 1.807) is 6.07 Å². The minimum Gasteiger partial charge on any atom is -0.381 e. The van der Waals surface area contributed by atoms with E-state index in [1.165, 1.54) is 6.07 Å². The second-order valence-electron chi connectivity index (χ2n) is 4.45. The number of hydrogen-bond donors (Lipinski definition) is 1. The number of halogens is 1. The highest BCUT2D eigenvalue weighted by atomic mass is 19.1. The van der Waals surface area contributed by atoms with E-state index in [0.717, 1.165) is 11.1 Å². The quantitative estimate of drug-likeness (QED) is 0.865. The van der Waals surface area contributed by atoms with Gasteiger partial charge in [-0.15, -0.1) is 0 Å². The minimum atomic E-state index is -0.317. The molecule has 0 aliphatic carbocycles. The van der Waals surface area contributed by atoms with Crippen molar-refractivity contribution in [2.75, 3.05) is 5.73 Å². The topological polar surface area (TPSA) is 52.0 Å². The number of aromatic nitrogens is 1. The highest BCUT2D eigenvalue weighted by molar-refractivity contribution is 5.67. The van der Waals surface area contributed by atoms with Gasteiger partial charge in [-0.2, -0.15) is 0 Å². The Morgan fingerprint density at radius 3 is 2.65 bits per heavy atom. The van der Waals surface area contributed by atoms with Gasteiger partial charge in [0.1, 0.15) is 5.82 Å². The summed E-state index contributed by atoms with van der Waals surface area (Å²) in [6, 6.07) is 5.00. The molecule has 0 spiro atoms. The molecule has 2 aromatic rings. The highest BCUT2D eigenvalue weighted by Gasteiger charge is 2.20. The third kappa shape index (κ3) is 2.02. The summed E-state index contributed by atoms with van der Waals surface area (Å²) in [7, 11) is 0. The molecule has 0 bridgehead atoms. The zero-order valence-electron chi connectivity index (χ0n) is 10.1. The van der Waals surface area contributed by atoms with Crippen LogP contribution >= 0.6 is 0 Å². The van der Waals surface area contributed by atoms with Crippen LogP contribution in [-0.2, 0) is 0 Å². The Morgan fingerprint density at radius 1 is 1.35 bits per heavy atom. The molecule has 2 rings (SSSR count). The molecule has 0 fully saturated rings. The molecule has 0 radical (unpaired) electrons. The van der Waals surface area contributed by atoms with Crippen LogP contribution in [0.5, 0.6) is 0 Å². The SMILES string of the molecule is Cc1ccc(-c2onc(N)c2C(C)C)c(F)c1. The highest BCUT2D eigenvalue weighted by Crippen LogP contribution is 2.34. The lowest BCUT2D eigenvalue weighted by Gasteiger charge is -2.06. The average molecular weight is 234 g/mol. The monoisotopic (exact) mass is 234 g/mol. The lowest BCUT2D eigenvalue weighted by Crippen LogP contribution is -1.96. The number of rotatable bonds is 2. The molecule has 0 aliphatic heterocycles. The lowest BCUT2D eigenvalue weighted by molar-refractivity contribution is 0.432. The standard InChI is InChI=1S/C13H15FN2O/c1-7(2)11-12(17-16-13(11)15)9-5-4-8(3)6-10(9)14/h4-7H,1-3H3,(H2,15,16). The van der Waals surface area contributed by atoms with Crippen LogP contribution in [-0.4, -0.2) is 5.16 Å². The Hall–Kier alpha value is -1.84. The molecule has 1 heterocycles. The zero-order chi connectivity index (χ0) is 12.6. The Kier molecular flexibility index (Phi) is 2.88. The van der Waals surface area contributed by atoms with Crippen molar-refractivity contribution in [3.8, 4) is 11.3 Å². The Bertz CT molecular complexity index is 546. The Balaban J connectivity index is 2.61. The van der Waals surface area contributed by atoms with Crippen molar-refractivity contribution in [2.24, 2.45) is 0 Å². The zero-order valence-corrected chi connectivity index (χ0v) is 10.1. The van der Waals surface area contributed by atoms with Gasteiger partial charge < -0.3 is 10.3 Å². The van der Waals surface area contributed by atoms with Gasteiger partial charge in [0.25, 0.3) is 0 Å². The van der Waals surface area contributed by atoms with Crippen molar-refractivity contribution in [3.05, 3.63) is 35.1 Å². The van der Waals surface area contributed by atoms with E-state index < -0.39 is 0 Å². The van der Waals surface area contributed by atoms with Crippen molar-refractivity contribution in [1.82, 2.24) is 5.16 Å². The number of benzene rings is 1. The number of nitrogens with two attached hydrogens (primary N) is 1. The van der Waals surface area contributed by atoms with Gasteiger partial charge in [-0.25, -0.2) is 4.39 Å². The molecule has 1 aromatic carbocycles. The summed E-state index contributed by atoms with van der Waals surface area (Å²) in [4.78, 5) is 0. The van der Waals surface area contributed by atoms with Crippen molar-refractivity contribution in [1.29, 1.82) is 0 Å². The normalized spacial score (nSPS) is 11.1. The summed E-state index contributed by atoms with van der Waals surface area (Å²) in [5, 5.41) is 3.71. The molecule has 0 aliphatic rings. The summed E-state index contributed by atoms with van der Waals surface area (Å²) in [6.45, 7) is 5.78. The minimum absolute atomic E-state index is 0.136. The van der Waals surface area contributed by atoms with Crippen LogP contribution in [0.15, 0.2) is 22.7 Å². The predicted molar refractivity (Wildman–Crippen MR) is 65.1 cm³/mol. The lowest BCUT2D eigenvalue weighted by atomic mass is 9.98. The third-order valence-corrected chi connectivity index (χ3v) is 2.70. The van der Waals surface area contributed by atoms with Gasteiger partial charge >= 0.3 is 0 Å². The first-order valence-corrected chi connectivity index (χ1v) is 5.52. The number of hydrogen-bond acceptors (Lipinski definition) is 3. The number of aryl methyl sites for hydroxylation is 1. The van der Waals surface area contributed by atoms with Crippen molar-refractivity contribution < 1.29 is 8.91 Å². The van der Waals surface area contributed by atoms with Crippen molar-refractivity contribution in [2.45, 2.75) is 26.7 Å². The van der Waals surface area contributed by atoms with Crippen LogP contribution in [0, 0.1) is 12.7 Å². The maximum Gasteiger partial charge on any atom is 0.175 e. The van der Waals surface area contributed by atoms with Gasteiger partial charge in [-0.05, 0) is 30.5 Å². The molecule has 0 amide bonds. The van der Waals surface area contributed by atoms with E-state index in [2.05, 4.69) is 5.16 Å². The van der Waals surface area contributed by atoms with Gasteiger partial charge in [0.2, 0.25) is 0 Å². The third-order valence-electron chi connectivity index (χ3n) is 2.70. The Labute approximate surface area is 99.4 Å². The summed E-state index contributed by atoms with van der Waals surface area (Å²) >= 11 is 0. The van der Waals surface area contributed by atoms with Crippen LogP contribution < -0.4 is 5.73 Å². The van der Waals surface area contributed by atoms with Gasteiger partial charge in [0.05, 0.1) is 5.56 Å². The van der Waals surface area contributed by atoms with Gasteiger partial charge in [-0.1, -0.05) is 25.1 Å². The summed E-state index contributed by atoms with van der Waals surface area (Å²) < 4.78 is 19.0. The molecule has 1 aromatic heterocycles. The van der Waals surface area contributed by atoms with Crippen LogP contribution in [0.4, 0.5) is 10.2 Å². The molecule has 17 heavy (non-hydrogen) atoms. The summed E-state index contributed by atoms with van der Waals surface area (Å²) in [6.07, 6.45) is 0. The van der Waals surface area contributed by atoms with Crippen molar-refractivity contribution in [3.63, 3.8) is 0 Å². The number of nitrogen functional groups attached to an aromatic ring is 1. The van der Waals surface area contributed by atoms with Gasteiger partial charge in [0, 0.05) is 5.56 Å². The van der Waals surface area contributed by atoms with E-state index >= 15 is 0 Å². The van der Waals surface area contributed by atoms with E-state index in [-0.39, 0.29) is 11.7 Å². The molecule has 0 atom stereocenters. The van der Waals surface area contributed by atoms with Crippen molar-refractivity contribution >= 4 is 5.82 Å². The van der Waals surface area contributed by atoms with Crippen LogP contribution in [0.3, 0.4) is 0 Å². The maximum atomic E-state index is 13.9. The first-order chi connectivity index (χ1) is 8.00. The molecule has 4 heteroatoms. The summed E-state index contributed by atoms with van der Waals surface area (Å²) in [5.41, 5.74) is 7.76. The van der Waals surface area contributed by atoms with E-state index in [9.17, 15) is 4.39 Å². The molecule has 2 N–H and O–H groups in total. The second-order valence-corrected chi connectivity index (χ2v) is 4.45. The van der Waals surface area contributed by atoms with Crippen LogP contribution in [0.25, 0.3) is 11.3 Å². The fraction of sp³-hybridized carbons (Fsp3) is 0.308. The first kappa shape index (κ1) is 11.6. The van der Waals surface area contributed by atoms with Gasteiger partial charge in [-0.3, -0.25) is 0 Å². The fourth-order valence-electron chi connectivity index (χ4n) is 1.87. The van der Waals surface area contributed by atoms with Crippen LogP contribution in [0.2, 0.25) is 0 Å². The van der Waals surface area contributed by atoms with E-state index in [1.807, 2.05) is 26.8 Å². The largest absolute Gasteiger partial charge is 0.381 e. The molecular formula is C13H15FN2O.